The van der Waals surface area contributed by atoms with Gasteiger partial charge in [0.1, 0.15) is 17.8 Å². The molecule has 0 bridgehead atoms. The number of carbonyl (C=O) groups excluding carboxylic acids is 1. The lowest BCUT2D eigenvalue weighted by atomic mass is 9.86. The summed E-state index contributed by atoms with van der Waals surface area (Å²) in [6.07, 6.45) is 5.43. The number of benzene rings is 2. The lowest BCUT2D eigenvalue weighted by Gasteiger charge is -2.21. The first-order valence-corrected chi connectivity index (χ1v) is 11.6. The zero-order valence-electron chi connectivity index (χ0n) is 18.8. The number of nitrogens with zero attached hydrogens (tertiary/aromatic N) is 1. The van der Waals surface area contributed by atoms with Gasteiger partial charge in [0.25, 0.3) is 0 Å². The molecule has 0 N–H and O–H groups in total. The van der Waals surface area contributed by atoms with E-state index in [-0.39, 0.29) is 5.97 Å². The molecule has 2 aromatic heterocycles. The van der Waals surface area contributed by atoms with Crippen LogP contribution >= 0.6 is 0 Å². The predicted molar refractivity (Wildman–Crippen MR) is 129 cm³/mol. The van der Waals surface area contributed by atoms with Gasteiger partial charge < -0.3 is 13.9 Å². The number of allylic oxidation sites excluding steroid dienone is 2. The van der Waals surface area contributed by atoms with E-state index < -0.39 is 0 Å². The van der Waals surface area contributed by atoms with Crippen molar-refractivity contribution in [1.82, 2.24) is 4.98 Å². The van der Waals surface area contributed by atoms with Crippen LogP contribution in [0.2, 0.25) is 0 Å². The second kappa shape index (κ2) is 9.49. The van der Waals surface area contributed by atoms with E-state index in [0.717, 1.165) is 52.5 Å². The van der Waals surface area contributed by atoms with Crippen molar-refractivity contribution in [2.24, 2.45) is 5.92 Å². The summed E-state index contributed by atoms with van der Waals surface area (Å²) in [7, 11) is 0. The Morgan fingerprint density at radius 1 is 1.06 bits per heavy atom. The summed E-state index contributed by atoms with van der Waals surface area (Å²) in [4.78, 5) is 16.5. The molecule has 2 heterocycles. The quantitative estimate of drug-likeness (QED) is 0.299. The summed E-state index contributed by atoms with van der Waals surface area (Å²) in [6.45, 7) is 2.66. The van der Waals surface area contributed by atoms with Gasteiger partial charge in [0.2, 0.25) is 5.88 Å². The van der Waals surface area contributed by atoms with Crippen molar-refractivity contribution >= 4 is 33.5 Å². The molecular weight excluding hydrogens is 414 g/mol. The van der Waals surface area contributed by atoms with Crippen molar-refractivity contribution in [3.63, 3.8) is 0 Å². The first-order chi connectivity index (χ1) is 16.2. The van der Waals surface area contributed by atoms with Gasteiger partial charge in [-0.1, -0.05) is 48.5 Å². The Hall–Kier alpha value is -3.60. The maximum absolute atomic E-state index is 11.8. The van der Waals surface area contributed by atoms with Crippen molar-refractivity contribution in [3.05, 3.63) is 78.0 Å². The van der Waals surface area contributed by atoms with Crippen molar-refractivity contribution in [2.45, 2.75) is 39.2 Å². The summed E-state index contributed by atoms with van der Waals surface area (Å²) >= 11 is 0. The molecule has 1 aliphatic carbocycles. The van der Waals surface area contributed by atoms with Crippen molar-refractivity contribution in [3.8, 4) is 5.88 Å². The summed E-state index contributed by atoms with van der Waals surface area (Å²) in [5.74, 6) is 0.832. The molecule has 0 radical (unpaired) electrons. The maximum Gasteiger partial charge on any atom is 0.306 e. The first-order valence-electron chi connectivity index (χ1n) is 11.6. The monoisotopic (exact) mass is 441 g/mol. The Morgan fingerprint density at radius 2 is 1.91 bits per heavy atom. The van der Waals surface area contributed by atoms with E-state index >= 15 is 0 Å². The number of fused-ring (bicyclic) bond motifs is 3. The maximum atomic E-state index is 11.8. The van der Waals surface area contributed by atoms with Gasteiger partial charge in [0, 0.05) is 28.8 Å². The van der Waals surface area contributed by atoms with E-state index in [2.05, 4.69) is 18.2 Å². The van der Waals surface area contributed by atoms with E-state index in [9.17, 15) is 4.79 Å². The lowest BCUT2D eigenvalue weighted by Crippen LogP contribution is -2.14. The second-order valence-electron chi connectivity index (χ2n) is 8.42. The average molecular weight is 442 g/mol. The Bertz CT molecular complexity index is 1320. The number of ether oxygens (including phenoxy) is 2. The fourth-order valence-corrected chi connectivity index (χ4v) is 4.51. The predicted octanol–water partition coefficient (Wildman–Crippen LogP) is 6.70. The molecule has 0 saturated heterocycles. The fraction of sp³-hybridized carbons (Fsp3) is 0.286. The van der Waals surface area contributed by atoms with Crippen LogP contribution in [-0.4, -0.2) is 17.6 Å². The Morgan fingerprint density at radius 3 is 2.76 bits per heavy atom. The molecule has 0 saturated carbocycles. The van der Waals surface area contributed by atoms with Gasteiger partial charge in [0.15, 0.2) is 0 Å². The minimum atomic E-state index is -0.104. The highest BCUT2D eigenvalue weighted by Gasteiger charge is 2.20. The van der Waals surface area contributed by atoms with Gasteiger partial charge >= 0.3 is 5.97 Å². The van der Waals surface area contributed by atoms with E-state index in [1.807, 2.05) is 55.5 Å². The summed E-state index contributed by atoms with van der Waals surface area (Å²) < 4.78 is 17.3. The highest BCUT2D eigenvalue weighted by atomic mass is 16.5. The molecule has 0 spiro atoms. The van der Waals surface area contributed by atoms with Crippen molar-refractivity contribution < 1.29 is 18.7 Å². The third-order valence-electron chi connectivity index (χ3n) is 6.19. The molecule has 1 aliphatic rings. The molecule has 1 atom stereocenters. The molecule has 33 heavy (non-hydrogen) atoms. The zero-order chi connectivity index (χ0) is 22.6. The zero-order valence-corrected chi connectivity index (χ0v) is 18.8. The van der Waals surface area contributed by atoms with Crippen LogP contribution in [0, 0.1) is 5.92 Å². The van der Waals surface area contributed by atoms with Crippen LogP contribution < -0.4 is 4.74 Å². The molecular formula is C28H27NO4. The number of para-hydroxylation sites is 2. The SMILES string of the molecule is CCOC(=O)CC1CC=C(c2cccc(OCc3cccc4c3oc3ccccc34)n2)CC1. The number of carbonyl (C=O) groups is 1. The van der Waals surface area contributed by atoms with Crippen LogP contribution in [0.15, 0.2) is 71.2 Å². The number of aromatic nitrogens is 1. The Kier molecular flexibility index (Phi) is 6.11. The molecule has 0 amide bonds. The van der Waals surface area contributed by atoms with E-state index in [1.54, 1.807) is 0 Å². The number of hydrogen-bond donors (Lipinski definition) is 0. The highest BCUT2D eigenvalue weighted by molar-refractivity contribution is 6.05. The fourth-order valence-electron chi connectivity index (χ4n) is 4.51. The van der Waals surface area contributed by atoms with Crippen LogP contribution in [0.3, 0.4) is 0 Å². The molecule has 0 fully saturated rings. The number of rotatable bonds is 7. The van der Waals surface area contributed by atoms with Gasteiger partial charge in [-0.2, -0.15) is 0 Å². The van der Waals surface area contributed by atoms with Crippen molar-refractivity contribution in [1.29, 1.82) is 0 Å². The molecule has 4 aromatic rings. The van der Waals surface area contributed by atoms with Gasteiger partial charge in [-0.05, 0) is 49.8 Å². The van der Waals surface area contributed by atoms with Gasteiger partial charge in [0.05, 0.1) is 12.3 Å². The highest BCUT2D eigenvalue weighted by Crippen LogP contribution is 2.33. The van der Waals surface area contributed by atoms with Gasteiger partial charge in [-0.25, -0.2) is 4.98 Å². The standard InChI is InChI=1S/C28H27NO4/c1-2-31-27(30)17-19-13-15-20(16-14-19)24-10-6-12-26(29-24)32-18-21-7-5-9-23-22-8-3-4-11-25(22)33-28(21)23/h3-12,15,19H,2,13-14,16-18H2,1H3. The minimum Gasteiger partial charge on any atom is -0.473 e. The molecule has 168 valence electrons. The van der Waals surface area contributed by atoms with E-state index in [0.29, 0.717) is 31.4 Å². The third-order valence-corrected chi connectivity index (χ3v) is 6.19. The lowest BCUT2D eigenvalue weighted by molar-refractivity contribution is -0.144. The smallest absolute Gasteiger partial charge is 0.306 e. The third kappa shape index (κ3) is 4.63. The first kappa shape index (κ1) is 21.3. The molecule has 5 heteroatoms. The van der Waals surface area contributed by atoms with Crippen LogP contribution in [-0.2, 0) is 16.1 Å². The van der Waals surface area contributed by atoms with Crippen LogP contribution in [0.25, 0.3) is 27.5 Å². The van der Waals surface area contributed by atoms with Crippen LogP contribution in [0.5, 0.6) is 5.88 Å². The van der Waals surface area contributed by atoms with Crippen LogP contribution in [0.4, 0.5) is 0 Å². The summed E-state index contributed by atoms with van der Waals surface area (Å²) in [6, 6.07) is 20.1. The average Bonchev–Trinajstić information content (AvgIpc) is 3.23. The van der Waals surface area contributed by atoms with Crippen LogP contribution in [0.1, 0.15) is 43.9 Å². The van der Waals surface area contributed by atoms with E-state index in [1.165, 1.54) is 5.57 Å². The molecule has 1 unspecified atom stereocenters. The topological polar surface area (TPSA) is 61.6 Å². The molecule has 0 aliphatic heterocycles. The number of furan rings is 1. The largest absolute Gasteiger partial charge is 0.473 e. The van der Waals surface area contributed by atoms with Crippen molar-refractivity contribution in [2.75, 3.05) is 6.61 Å². The Balaban J connectivity index is 1.28. The molecule has 5 nitrogen and oxygen atoms in total. The minimum absolute atomic E-state index is 0.104. The second-order valence-corrected chi connectivity index (χ2v) is 8.42. The summed E-state index contributed by atoms with van der Waals surface area (Å²) in [5, 5.41) is 2.21. The number of esters is 1. The molecule has 5 rings (SSSR count). The molecule has 2 aromatic carbocycles. The Labute approximate surface area is 193 Å². The summed E-state index contributed by atoms with van der Waals surface area (Å²) in [5.41, 5.74) is 4.88. The van der Waals surface area contributed by atoms with E-state index in [4.69, 9.17) is 18.9 Å². The normalized spacial score (nSPS) is 16.0. The number of pyridine rings is 1. The van der Waals surface area contributed by atoms with Gasteiger partial charge in [-0.15, -0.1) is 0 Å². The van der Waals surface area contributed by atoms with Gasteiger partial charge in [-0.3, -0.25) is 4.79 Å². The number of hydrogen-bond acceptors (Lipinski definition) is 5.